The molecule has 6 nitrogen and oxygen atoms in total. The number of rotatable bonds is 3. The van der Waals surface area contributed by atoms with Gasteiger partial charge in [0.2, 0.25) is 0 Å². The van der Waals surface area contributed by atoms with Crippen molar-refractivity contribution in [3.8, 4) is 10.6 Å². The van der Waals surface area contributed by atoms with Gasteiger partial charge in [0.05, 0.1) is 15.9 Å². The predicted molar refractivity (Wildman–Crippen MR) is 88.7 cm³/mol. The van der Waals surface area contributed by atoms with Crippen molar-refractivity contribution in [1.29, 1.82) is 0 Å². The normalized spacial score (nSPS) is 13.3. The zero-order valence-electron chi connectivity index (χ0n) is 12.1. The SMILES string of the molecule is CS(=O)(=NC(=O)c1cnc(-c2cccnc2)s1)c1ccccn1. The second-order valence-corrected chi connectivity index (χ2v) is 7.87. The van der Waals surface area contributed by atoms with Crippen LogP contribution in [0.5, 0.6) is 0 Å². The zero-order valence-corrected chi connectivity index (χ0v) is 13.8. The fourth-order valence-electron chi connectivity index (χ4n) is 1.82. The Labute approximate surface area is 137 Å². The van der Waals surface area contributed by atoms with Gasteiger partial charge < -0.3 is 0 Å². The van der Waals surface area contributed by atoms with Crippen LogP contribution in [0.2, 0.25) is 0 Å². The summed E-state index contributed by atoms with van der Waals surface area (Å²) in [4.78, 5) is 24.8. The monoisotopic (exact) mass is 344 g/mol. The highest BCUT2D eigenvalue weighted by Gasteiger charge is 2.15. The highest BCUT2D eigenvalue weighted by atomic mass is 32.2. The van der Waals surface area contributed by atoms with Crippen molar-refractivity contribution in [3.63, 3.8) is 0 Å². The molecule has 23 heavy (non-hydrogen) atoms. The first-order valence-corrected chi connectivity index (χ1v) is 9.34. The summed E-state index contributed by atoms with van der Waals surface area (Å²) in [6, 6.07) is 8.66. The van der Waals surface area contributed by atoms with E-state index in [0.717, 1.165) is 5.56 Å². The molecule has 0 aliphatic carbocycles. The molecule has 0 aliphatic rings. The summed E-state index contributed by atoms with van der Waals surface area (Å²) in [5.41, 5.74) is 0.818. The first-order valence-electron chi connectivity index (χ1n) is 6.60. The second kappa shape index (κ2) is 6.35. The third-order valence-electron chi connectivity index (χ3n) is 2.91. The van der Waals surface area contributed by atoms with Crippen LogP contribution in [0.4, 0.5) is 0 Å². The molecule has 0 aromatic carbocycles. The van der Waals surface area contributed by atoms with E-state index < -0.39 is 15.6 Å². The minimum Gasteiger partial charge on any atom is -0.265 e. The van der Waals surface area contributed by atoms with Crippen LogP contribution in [-0.2, 0) is 9.73 Å². The fourth-order valence-corrected chi connectivity index (χ4v) is 3.76. The average Bonchev–Trinajstić information content (AvgIpc) is 3.06. The summed E-state index contributed by atoms with van der Waals surface area (Å²) in [6.45, 7) is 0. The number of aromatic nitrogens is 3. The van der Waals surface area contributed by atoms with Crippen LogP contribution >= 0.6 is 11.3 Å². The molecule has 3 aromatic rings. The van der Waals surface area contributed by atoms with Gasteiger partial charge in [0.25, 0.3) is 5.91 Å². The molecule has 0 spiro atoms. The molecule has 8 heteroatoms. The molecule has 3 aromatic heterocycles. The Morgan fingerprint density at radius 3 is 2.70 bits per heavy atom. The summed E-state index contributed by atoms with van der Waals surface area (Å²) in [5.74, 6) is -0.559. The third kappa shape index (κ3) is 3.49. The summed E-state index contributed by atoms with van der Waals surface area (Å²) in [5, 5.41) is 0.947. The third-order valence-corrected chi connectivity index (χ3v) is 5.47. The summed E-state index contributed by atoms with van der Waals surface area (Å²) in [7, 11) is -2.88. The van der Waals surface area contributed by atoms with Crippen LogP contribution in [0.15, 0.2) is 64.5 Å². The van der Waals surface area contributed by atoms with Gasteiger partial charge in [-0.2, -0.15) is 4.36 Å². The van der Waals surface area contributed by atoms with E-state index in [1.807, 2.05) is 6.07 Å². The second-order valence-electron chi connectivity index (χ2n) is 4.64. The summed E-state index contributed by atoms with van der Waals surface area (Å²) < 4.78 is 16.4. The Balaban J connectivity index is 1.92. The molecule has 3 heterocycles. The molecule has 0 N–H and O–H groups in total. The maximum absolute atomic E-state index is 12.6. The van der Waals surface area contributed by atoms with Gasteiger partial charge in [-0.25, -0.2) is 14.2 Å². The lowest BCUT2D eigenvalue weighted by Gasteiger charge is -2.01. The quantitative estimate of drug-likeness (QED) is 0.729. The smallest absolute Gasteiger partial charge is 0.265 e. The molecular formula is C15H12N4O2S2. The number of thiazole rings is 1. The van der Waals surface area contributed by atoms with E-state index in [2.05, 4.69) is 19.3 Å². The zero-order chi connectivity index (χ0) is 16.3. The van der Waals surface area contributed by atoms with E-state index >= 15 is 0 Å². The van der Waals surface area contributed by atoms with Crippen molar-refractivity contribution in [1.82, 2.24) is 15.0 Å². The van der Waals surface area contributed by atoms with Gasteiger partial charge in [0.1, 0.15) is 14.9 Å². The molecule has 0 bridgehead atoms. The van der Waals surface area contributed by atoms with Crippen LogP contribution in [-0.4, -0.2) is 31.3 Å². The van der Waals surface area contributed by atoms with Crippen LogP contribution in [0.3, 0.4) is 0 Å². The van der Waals surface area contributed by atoms with Gasteiger partial charge in [-0.05, 0) is 24.3 Å². The van der Waals surface area contributed by atoms with Crippen molar-refractivity contribution in [2.75, 3.05) is 6.26 Å². The molecule has 116 valence electrons. The number of carbonyl (C=O) groups is 1. The predicted octanol–water partition coefficient (Wildman–Crippen LogP) is 2.90. The standard InChI is InChI=1S/C15H12N4O2S2/c1-23(21,13-6-2-3-8-17-13)19-14(20)12-10-18-15(22-12)11-5-4-7-16-9-11/h2-10H,1H3. The van der Waals surface area contributed by atoms with Gasteiger partial charge in [0, 0.05) is 30.4 Å². The fraction of sp³-hybridized carbons (Fsp3) is 0.0667. The number of carbonyl (C=O) groups excluding carboxylic acids is 1. The Hall–Kier alpha value is -2.45. The van der Waals surface area contributed by atoms with Crippen LogP contribution in [0.1, 0.15) is 9.67 Å². The molecule has 0 fully saturated rings. The summed E-state index contributed by atoms with van der Waals surface area (Å²) >= 11 is 1.19. The number of hydrogen-bond acceptors (Lipinski definition) is 6. The molecule has 1 atom stereocenters. The van der Waals surface area contributed by atoms with E-state index in [9.17, 15) is 9.00 Å². The largest absolute Gasteiger partial charge is 0.297 e. The lowest BCUT2D eigenvalue weighted by molar-refractivity contribution is 0.101. The van der Waals surface area contributed by atoms with Crippen molar-refractivity contribution < 1.29 is 9.00 Å². The Morgan fingerprint density at radius 2 is 2.00 bits per heavy atom. The van der Waals surface area contributed by atoms with Crippen molar-refractivity contribution >= 4 is 27.0 Å². The van der Waals surface area contributed by atoms with Gasteiger partial charge in [-0.15, -0.1) is 11.3 Å². The van der Waals surface area contributed by atoms with E-state index in [1.165, 1.54) is 30.0 Å². The minimum absolute atomic E-state index is 0.283. The maximum atomic E-state index is 12.6. The Kier molecular flexibility index (Phi) is 4.26. The van der Waals surface area contributed by atoms with Crippen molar-refractivity contribution in [2.24, 2.45) is 4.36 Å². The van der Waals surface area contributed by atoms with E-state index in [1.54, 1.807) is 36.7 Å². The topological polar surface area (TPSA) is 85.2 Å². The van der Waals surface area contributed by atoms with Gasteiger partial charge >= 0.3 is 0 Å². The van der Waals surface area contributed by atoms with Crippen molar-refractivity contribution in [3.05, 3.63) is 60.0 Å². The molecule has 0 saturated carbocycles. The maximum Gasteiger partial charge on any atom is 0.297 e. The molecule has 0 radical (unpaired) electrons. The number of nitrogens with zero attached hydrogens (tertiary/aromatic N) is 4. The Bertz CT molecular complexity index is 946. The molecule has 1 unspecified atom stereocenters. The molecule has 1 amide bonds. The Morgan fingerprint density at radius 1 is 1.13 bits per heavy atom. The first kappa shape index (κ1) is 15.4. The molecular weight excluding hydrogens is 332 g/mol. The van der Waals surface area contributed by atoms with Crippen LogP contribution < -0.4 is 0 Å². The summed E-state index contributed by atoms with van der Waals surface area (Å²) in [6.07, 6.45) is 7.69. The van der Waals surface area contributed by atoms with Gasteiger partial charge in [0.15, 0.2) is 0 Å². The van der Waals surface area contributed by atoms with Gasteiger partial charge in [-0.3, -0.25) is 9.78 Å². The first-order chi connectivity index (χ1) is 11.1. The number of pyridine rings is 2. The lowest BCUT2D eigenvalue weighted by atomic mass is 10.3. The van der Waals surface area contributed by atoms with E-state index in [4.69, 9.17) is 0 Å². The van der Waals surface area contributed by atoms with E-state index in [0.29, 0.717) is 9.88 Å². The van der Waals surface area contributed by atoms with Crippen molar-refractivity contribution in [2.45, 2.75) is 5.03 Å². The molecule has 0 saturated heterocycles. The number of amides is 1. The number of hydrogen-bond donors (Lipinski definition) is 0. The molecule has 3 rings (SSSR count). The lowest BCUT2D eigenvalue weighted by Crippen LogP contribution is -2.04. The van der Waals surface area contributed by atoms with Crippen LogP contribution in [0.25, 0.3) is 10.6 Å². The van der Waals surface area contributed by atoms with E-state index in [-0.39, 0.29) is 5.03 Å². The highest BCUT2D eigenvalue weighted by Crippen LogP contribution is 2.25. The average molecular weight is 344 g/mol. The molecule has 0 aliphatic heterocycles. The minimum atomic E-state index is -2.88. The van der Waals surface area contributed by atoms with Gasteiger partial charge in [-0.1, -0.05) is 6.07 Å². The van der Waals surface area contributed by atoms with Crippen LogP contribution in [0, 0.1) is 0 Å². The highest BCUT2D eigenvalue weighted by molar-refractivity contribution is 7.93.